The molecule has 0 aromatic heterocycles. The summed E-state index contributed by atoms with van der Waals surface area (Å²) in [6.45, 7) is 1.57. The van der Waals surface area contributed by atoms with Gasteiger partial charge in [0, 0.05) is 6.16 Å². The molecule has 154 valence electrons. The number of hydrogen-bond acceptors (Lipinski definition) is 3. The van der Waals surface area contributed by atoms with Gasteiger partial charge in [-0.3, -0.25) is 9.36 Å². The molecule has 0 radical (unpaired) electrons. The quantitative estimate of drug-likeness (QED) is 0.475. The van der Waals surface area contributed by atoms with Crippen molar-refractivity contribution in [2.75, 3.05) is 6.16 Å². The highest BCUT2D eigenvalue weighted by atomic mass is 31.2. The van der Waals surface area contributed by atoms with Crippen LogP contribution in [-0.2, 0) is 4.57 Å². The first-order chi connectivity index (χ1) is 14.3. The van der Waals surface area contributed by atoms with Crippen LogP contribution < -0.4 is 5.32 Å². The average molecular weight is 423 g/mol. The van der Waals surface area contributed by atoms with Gasteiger partial charge in [-0.05, 0) is 28.8 Å². The fourth-order valence-electron chi connectivity index (χ4n) is 3.16. The van der Waals surface area contributed by atoms with Gasteiger partial charge in [0.15, 0.2) is 0 Å². The molecule has 3 rings (SSSR count). The summed E-state index contributed by atoms with van der Waals surface area (Å²) >= 11 is 0. The normalized spacial score (nSPS) is 13.8. The SMILES string of the molecule is CCP(=O)(O)C(NC(=O)c1ccccc1C(=O)O)c1ccc(-c2ccccc2)cc1. The van der Waals surface area contributed by atoms with Crippen molar-refractivity contribution in [2.24, 2.45) is 0 Å². The van der Waals surface area contributed by atoms with Gasteiger partial charge in [-0.2, -0.15) is 0 Å². The van der Waals surface area contributed by atoms with E-state index in [0.717, 1.165) is 11.1 Å². The van der Waals surface area contributed by atoms with Gasteiger partial charge in [0.25, 0.3) is 5.91 Å². The molecule has 0 saturated carbocycles. The molecule has 1 amide bonds. The maximum atomic E-state index is 12.8. The summed E-state index contributed by atoms with van der Waals surface area (Å²) in [7, 11) is -3.79. The lowest BCUT2D eigenvalue weighted by atomic mass is 10.0. The van der Waals surface area contributed by atoms with Crippen molar-refractivity contribution >= 4 is 19.2 Å². The number of carboxylic acids is 1. The molecule has 30 heavy (non-hydrogen) atoms. The van der Waals surface area contributed by atoms with E-state index in [0.29, 0.717) is 5.56 Å². The van der Waals surface area contributed by atoms with Crippen molar-refractivity contribution in [3.05, 3.63) is 95.6 Å². The molecular weight excluding hydrogens is 401 g/mol. The van der Waals surface area contributed by atoms with Gasteiger partial charge >= 0.3 is 5.97 Å². The molecule has 0 aliphatic carbocycles. The third kappa shape index (κ3) is 4.67. The summed E-state index contributed by atoms with van der Waals surface area (Å²) < 4.78 is 12.8. The Balaban J connectivity index is 1.94. The van der Waals surface area contributed by atoms with E-state index in [4.69, 9.17) is 0 Å². The number of carboxylic acid groups (broad SMARTS) is 1. The minimum atomic E-state index is -3.79. The number of hydrogen-bond donors (Lipinski definition) is 3. The zero-order valence-electron chi connectivity index (χ0n) is 16.4. The Morgan fingerprint density at radius 1 is 0.867 bits per heavy atom. The first-order valence-electron chi connectivity index (χ1n) is 9.43. The molecule has 0 aliphatic heterocycles. The molecule has 7 heteroatoms. The second kappa shape index (κ2) is 9.08. The lowest BCUT2D eigenvalue weighted by Gasteiger charge is -2.24. The summed E-state index contributed by atoms with van der Waals surface area (Å²) in [5, 5.41) is 11.9. The minimum absolute atomic E-state index is 0.0427. The summed E-state index contributed by atoms with van der Waals surface area (Å²) in [5.41, 5.74) is 2.18. The van der Waals surface area contributed by atoms with Crippen molar-refractivity contribution in [1.82, 2.24) is 5.32 Å². The van der Waals surface area contributed by atoms with Crippen LogP contribution in [0.2, 0.25) is 0 Å². The first kappa shape index (κ1) is 21.5. The van der Waals surface area contributed by atoms with Crippen molar-refractivity contribution in [2.45, 2.75) is 12.7 Å². The third-order valence-corrected chi connectivity index (χ3v) is 7.00. The number of aromatic carboxylic acids is 1. The predicted octanol–water partition coefficient (Wildman–Crippen LogP) is 4.77. The summed E-state index contributed by atoms with van der Waals surface area (Å²) in [4.78, 5) is 34.7. The van der Waals surface area contributed by atoms with E-state index in [1.807, 2.05) is 42.5 Å². The van der Waals surface area contributed by atoms with Gasteiger partial charge in [0.1, 0.15) is 5.78 Å². The fraction of sp³-hybridized carbons (Fsp3) is 0.130. The second-order valence-corrected chi connectivity index (χ2v) is 9.45. The molecule has 3 aromatic rings. The predicted molar refractivity (Wildman–Crippen MR) is 116 cm³/mol. The Hall–Kier alpha value is -3.21. The van der Waals surface area contributed by atoms with E-state index in [2.05, 4.69) is 5.32 Å². The number of nitrogens with one attached hydrogen (secondary N) is 1. The highest BCUT2D eigenvalue weighted by Crippen LogP contribution is 2.53. The lowest BCUT2D eigenvalue weighted by molar-refractivity contribution is 0.0691. The molecule has 0 fully saturated rings. The average Bonchev–Trinajstić information content (AvgIpc) is 2.78. The van der Waals surface area contributed by atoms with Crippen LogP contribution in [0.3, 0.4) is 0 Å². The molecule has 0 saturated heterocycles. The first-order valence-corrected chi connectivity index (χ1v) is 11.3. The van der Waals surface area contributed by atoms with E-state index < -0.39 is 25.0 Å². The van der Waals surface area contributed by atoms with Crippen LogP contribution in [0.1, 0.15) is 39.0 Å². The van der Waals surface area contributed by atoms with E-state index in [1.54, 1.807) is 25.1 Å². The number of carbonyl (C=O) groups is 2. The highest BCUT2D eigenvalue weighted by molar-refractivity contribution is 7.58. The number of amides is 1. The minimum Gasteiger partial charge on any atom is -0.478 e. The standard InChI is InChI=1S/C23H22NO5P/c1-2-30(28,29)22(24-21(25)19-10-6-7-11-20(19)23(26)27)18-14-12-17(13-15-18)16-8-4-3-5-9-16/h3-15,22H,2H2,1H3,(H,24,25)(H,26,27)(H,28,29). The summed E-state index contributed by atoms with van der Waals surface area (Å²) in [6, 6.07) is 22.5. The number of carbonyl (C=O) groups excluding carboxylic acids is 1. The van der Waals surface area contributed by atoms with Gasteiger partial charge in [0.2, 0.25) is 7.37 Å². The van der Waals surface area contributed by atoms with Crippen molar-refractivity contribution in [3.8, 4) is 11.1 Å². The van der Waals surface area contributed by atoms with Crippen molar-refractivity contribution in [1.29, 1.82) is 0 Å². The molecule has 0 heterocycles. The van der Waals surface area contributed by atoms with E-state index in [9.17, 15) is 24.2 Å². The number of rotatable bonds is 7. The molecule has 0 spiro atoms. The van der Waals surface area contributed by atoms with E-state index in [-0.39, 0.29) is 17.3 Å². The van der Waals surface area contributed by atoms with Crippen LogP contribution in [0.4, 0.5) is 0 Å². The van der Waals surface area contributed by atoms with Crippen LogP contribution in [0, 0.1) is 0 Å². The van der Waals surface area contributed by atoms with E-state index in [1.165, 1.54) is 18.2 Å². The number of benzene rings is 3. The van der Waals surface area contributed by atoms with Gasteiger partial charge in [0.05, 0.1) is 11.1 Å². The maximum absolute atomic E-state index is 12.8. The monoisotopic (exact) mass is 423 g/mol. The Labute approximate surface area is 174 Å². The topological polar surface area (TPSA) is 104 Å². The van der Waals surface area contributed by atoms with Gasteiger partial charge in [-0.1, -0.05) is 73.7 Å². The Kier molecular flexibility index (Phi) is 6.50. The third-order valence-electron chi connectivity index (χ3n) is 4.86. The maximum Gasteiger partial charge on any atom is 0.336 e. The van der Waals surface area contributed by atoms with Gasteiger partial charge < -0.3 is 15.3 Å². The molecular formula is C23H22NO5P. The second-order valence-electron chi connectivity index (χ2n) is 6.79. The Morgan fingerprint density at radius 2 is 1.40 bits per heavy atom. The van der Waals surface area contributed by atoms with Crippen LogP contribution in [-0.4, -0.2) is 28.0 Å². The molecule has 3 aromatic carbocycles. The van der Waals surface area contributed by atoms with Crippen LogP contribution in [0.15, 0.2) is 78.9 Å². The van der Waals surface area contributed by atoms with Gasteiger partial charge in [-0.15, -0.1) is 0 Å². The Bertz CT molecular complexity index is 1100. The zero-order chi connectivity index (χ0) is 21.7. The van der Waals surface area contributed by atoms with E-state index >= 15 is 0 Å². The molecule has 6 nitrogen and oxygen atoms in total. The van der Waals surface area contributed by atoms with Crippen LogP contribution in [0.25, 0.3) is 11.1 Å². The lowest BCUT2D eigenvalue weighted by Crippen LogP contribution is -2.30. The zero-order valence-corrected chi connectivity index (χ0v) is 17.3. The van der Waals surface area contributed by atoms with Crippen LogP contribution >= 0.6 is 7.37 Å². The molecule has 2 atom stereocenters. The Morgan fingerprint density at radius 3 is 1.97 bits per heavy atom. The van der Waals surface area contributed by atoms with Crippen molar-refractivity contribution < 1.29 is 24.2 Å². The molecule has 0 aliphatic rings. The van der Waals surface area contributed by atoms with Crippen molar-refractivity contribution in [3.63, 3.8) is 0 Å². The highest BCUT2D eigenvalue weighted by Gasteiger charge is 2.33. The fourth-order valence-corrected chi connectivity index (χ4v) is 4.48. The molecule has 0 bridgehead atoms. The molecule has 3 N–H and O–H groups in total. The van der Waals surface area contributed by atoms with Crippen LogP contribution in [0.5, 0.6) is 0 Å². The largest absolute Gasteiger partial charge is 0.478 e. The molecule has 2 unspecified atom stereocenters. The summed E-state index contributed by atoms with van der Waals surface area (Å²) in [5.74, 6) is -3.11. The smallest absolute Gasteiger partial charge is 0.336 e. The summed E-state index contributed by atoms with van der Waals surface area (Å²) in [6.07, 6.45) is -0.0427. The van der Waals surface area contributed by atoms with Gasteiger partial charge in [-0.25, -0.2) is 4.79 Å².